The van der Waals surface area contributed by atoms with E-state index in [2.05, 4.69) is 46.8 Å². The van der Waals surface area contributed by atoms with Crippen molar-refractivity contribution < 1.29 is 14.4 Å². The molecule has 5 aromatic carbocycles. The van der Waals surface area contributed by atoms with Crippen LogP contribution in [0, 0.1) is 41.5 Å². The van der Waals surface area contributed by atoms with Crippen molar-refractivity contribution in [3.8, 4) is 33.8 Å². The Bertz CT molecular complexity index is 4920. The number of carbonyl (C=O) groups excluding carboxylic acids is 3. The maximum absolute atomic E-state index is 13.1. The first-order valence-electron chi connectivity index (χ1n) is 30.5. The Balaban J connectivity index is 0.000000138. The number of halogens is 3. The Hall–Kier alpha value is -10.9. The number of carbonyl (C=O) groups is 3. The minimum atomic E-state index is -0.252. The summed E-state index contributed by atoms with van der Waals surface area (Å²) in [6.45, 7) is 12.0. The number of fused-ring (bicyclic) bond motifs is 3. The van der Waals surface area contributed by atoms with E-state index in [0.717, 1.165) is 106 Å². The number of aromatic nitrogens is 9. The molecule has 95 heavy (non-hydrogen) atoms. The van der Waals surface area contributed by atoms with Gasteiger partial charge in [-0.15, -0.1) is 0 Å². The van der Waals surface area contributed by atoms with E-state index in [9.17, 15) is 14.4 Å². The SMILES string of the molecule is Cc1cnc(C(=O)Nc2ccc(-c3cn4cccc(C)c4n3)cc2)c(Br)c1.Cc1cnc(C(=O)Nc2ccc(-c3cn4cccc(C)c4n3)cc2)c(Cc2ccc(Cl)cc2)c1.Cc1cnc(C(=O)Nc2ccc(-c3cn4cccc(C)c4n3)cc2)c(Cc2ccc(Cl)cc2)c1. The van der Waals surface area contributed by atoms with Crippen LogP contribution in [0.2, 0.25) is 10.0 Å². The van der Waals surface area contributed by atoms with Gasteiger partial charge in [0.15, 0.2) is 0 Å². The Morgan fingerprint density at radius 3 is 1.02 bits per heavy atom. The van der Waals surface area contributed by atoms with Gasteiger partial charge in [0.05, 0.1) is 17.1 Å². The second-order valence-corrected chi connectivity index (χ2v) is 25.0. The summed E-state index contributed by atoms with van der Waals surface area (Å²) in [6, 6.07) is 56.3. The predicted molar refractivity (Wildman–Crippen MR) is 383 cm³/mol. The van der Waals surface area contributed by atoms with Gasteiger partial charge in [0.2, 0.25) is 0 Å². The summed E-state index contributed by atoms with van der Waals surface area (Å²) < 4.78 is 6.73. The second kappa shape index (κ2) is 28.5. The molecule has 0 saturated heterocycles. The molecule has 0 unspecified atom stereocenters. The van der Waals surface area contributed by atoms with Gasteiger partial charge in [-0.3, -0.25) is 24.4 Å². The molecule has 0 aliphatic rings. The normalized spacial score (nSPS) is 11.0. The number of aryl methyl sites for hydroxylation is 6. The molecule has 0 saturated carbocycles. The monoisotopic (exact) mass is 1350 g/mol. The summed E-state index contributed by atoms with van der Waals surface area (Å²) >= 11 is 15.4. The highest BCUT2D eigenvalue weighted by molar-refractivity contribution is 9.10. The van der Waals surface area contributed by atoms with Crippen molar-refractivity contribution in [2.75, 3.05) is 16.0 Å². The van der Waals surface area contributed by atoms with Crippen LogP contribution >= 0.6 is 39.1 Å². The van der Waals surface area contributed by atoms with Crippen molar-refractivity contribution in [2.24, 2.45) is 0 Å². The highest BCUT2D eigenvalue weighted by Gasteiger charge is 2.19. The number of amides is 3. The lowest BCUT2D eigenvalue weighted by atomic mass is 10.0. The zero-order valence-electron chi connectivity index (χ0n) is 52.7. The Kier molecular flexibility index (Phi) is 19.3. The fourth-order valence-electron chi connectivity index (χ4n) is 10.9. The van der Waals surface area contributed by atoms with Crippen molar-refractivity contribution in [3.63, 3.8) is 0 Å². The van der Waals surface area contributed by atoms with Gasteiger partial charge in [-0.2, -0.15) is 0 Å². The molecule has 3 amide bonds. The van der Waals surface area contributed by atoms with Gasteiger partial charge in [-0.25, -0.2) is 19.9 Å². The molecule has 0 fully saturated rings. The summed E-state index contributed by atoms with van der Waals surface area (Å²) in [4.78, 5) is 65.9. The molecule has 14 aromatic rings. The molecule has 3 N–H and O–H groups in total. The molecule has 0 radical (unpaired) electrons. The number of rotatable bonds is 13. The summed E-state index contributed by atoms with van der Waals surface area (Å²) in [5.41, 5.74) is 22.0. The summed E-state index contributed by atoms with van der Waals surface area (Å²) in [7, 11) is 0. The van der Waals surface area contributed by atoms with Gasteiger partial charge in [-0.05, 0) is 211 Å². The maximum Gasteiger partial charge on any atom is 0.275 e. The number of imidazole rings is 3. The van der Waals surface area contributed by atoms with Crippen LogP contribution in [-0.4, -0.2) is 60.8 Å². The standard InChI is InChI=1S/2C28H23ClN4O.C21H17BrN4O/c2*1-18-14-22(15-20-5-9-23(29)10-6-20)26(30-16-18)28(34)31-24-11-7-21(8-12-24)25-17-33-13-3-4-19(2)27(33)32-25;1-13-10-17(22)19(23-11-13)21(27)24-16-7-5-15(6-8-16)18-12-26-9-3-4-14(2)20(26)25-18/h2*3-14,16-17H,15H2,1-2H3,(H,31,34);3-12H,1-2H3,(H,24,27). The van der Waals surface area contributed by atoms with Gasteiger partial charge in [-0.1, -0.05) is 114 Å². The molecule has 0 atom stereocenters. The Labute approximate surface area is 567 Å². The van der Waals surface area contributed by atoms with E-state index in [1.54, 1.807) is 18.6 Å². The third kappa shape index (κ3) is 15.4. The average Bonchev–Trinajstić information content (AvgIpc) is 1.81. The molecule has 0 aliphatic carbocycles. The quantitative estimate of drug-likeness (QED) is 0.101. The largest absolute Gasteiger partial charge is 0.321 e. The third-order valence-electron chi connectivity index (χ3n) is 15.8. The van der Waals surface area contributed by atoms with Crippen LogP contribution in [0.1, 0.15) is 87.1 Å². The number of nitrogens with one attached hydrogen (secondary N) is 3. The minimum absolute atomic E-state index is 0.236. The first-order valence-corrected chi connectivity index (χ1v) is 32.1. The van der Waals surface area contributed by atoms with Crippen LogP contribution in [-0.2, 0) is 12.8 Å². The van der Waals surface area contributed by atoms with Gasteiger partial charge in [0, 0.05) is 104 Å². The highest BCUT2D eigenvalue weighted by atomic mass is 79.9. The first kappa shape index (κ1) is 64.2. The van der Waals surface area contributed by atoms with Crippen molar-refractivity contribution in [3.05, 3.63) is 319 Å². The van der Waals surface area contributed by atoms with Crippen molar-refractivity contribution in [1.29, 1.82) is 0 Å². The lowest BCUT2D eigenvalue weighted by molar-refractivity contribution is 0.101. The maximum atomic E-state index is 13.1. The molecule has 9 aromatic heterocycles. The molecular formula is C77H63BrCl2N12O3. The highest BCUT2D eigenvalue weighted by Crippen LogP contribution is 2.28. The van der Waals surface area contributed by atoms with E-state index in [0.29, 0.717) is 61.5 Å². The number of benzene rings is 5. The second-order valence-electron chi connectivity index (χ2n) is 23.2. The smallest absolute Gasteiger partial charge is 0.275 e. The topological polar surface area (TPSA) is 178 Å². The minimum Gasteiger partial charge on any atom is -0.321 e. The first-order chi connectivity index (χ1) is 45.9. The third-order valence-corrected chi connectivity index (χ3v) is 16.9. The van der Waals surface area contributed by atoms with E-state index < -0.39 is 0 Å². The van der Waals surface area contributed by atoms with Crippen LogP contribution < -0.4 is 16.0 Å². The van der Waals surface area contributed by atoms with Gasteiger partial charge in [0.25, 0.3) is 17.7 Å². The molecule has 0 bridgehead atoms. The molecule has 14 rings (SSSR count). The van der Waals surface area contributed by atoms with E-state index in [-0.39, 0.29) is 17.7 Å². The zero-order valence-corrected chi connectivity index (χ0v) is 55.8. The number of pyridine rings is 6. The fraction of sp³-hybridized carbons (Fsp3) is 0.104. The average molecular weight is 1360 g/mol. The number of hydrogen-bond acceptors (Lipinski definition) is 9. The summed E-state index contributed by atoms with van der Waals surface area (Å²) in [5, 5.41) is 10.2. The van der Waals surface area contributed by atoms with Crippen LogP contribution in [0.5, 0.6) is 0 Å². The van der Waals surface area contributed by atoms with Crippen LogP contribution in [0.4, 0.5) is 17.1 Å². The molecule has 470 valence electrons. The van der Waals surface area contributed by atoms with Gasteiger partial charge >= 0.3 is 0 Å². The van der Waals surface area contributed by atoms with E-state index in [1.165, 1.54) is 0 Å². The molecule has 15 nitrogen and oxygen atoms in total. The summed E-state index contributed by atoms with van der Waals surface area (Å²) in [5.74, 6) is -0.724. The number of hydrogen-bond donors (Lipinski definition) is 3. The fourth-order valence-corrected chi connectivity index (χ4v) is 11.8. The van der Waals surface area contributed by atoms with Crippen LogP contribution in [0.15, 0.2) is 236 Å². The Morgan fingerprint density at radius 1 is 0.400 bits per heavy atom. The summed E-state index contributed by atoms with van der Waals surface area (Å²) in [6.07, 6.45) is 18.3. The molecule has 9 heterocycles. The zero-order chi connectivity index (χ0) is 66.3. The number of nitrogens with zero attached hydrogens (tertiary/aromatic N) is 9. The van der Waals surface area contributed by atoms with Crippen molar-refractivity contribution >= 4 is 90.9 Å². The number of anilines is 3. The molecular weight excluding hydrogens is 1290 g/mol. The van der Waals surface area contributed by atoms with E-state index in [4.69, 9.17) is 38.2 Å². The molecule has 18 heteroatoms. The van der Waals surface area contributed by atoms with Crippen LogP contribution in [0.3, 0.4) is 0 Å². The Morgan fingerprint density at radius 2 is 0.705 bits per heavy atom. The van der Waals surface area contributed by atoms with Crippen LogP contribution in [0.25, 0.3) is 50.7 Å². The lowest BCUT2D eigenvalue weighted by Crippen LogP contribution is -2.16. The van der Waals surface area contributed by atoms with Gasteiger partial charge < -0.3 is 29.2 Å². The van der Waals surface area contributed by atoms with E-state index >= 15 is 0 Å². The lowest BCUT2D eigenvalue weighted by Gasteiger charge is -2.11. The van der Waals surface area contributed by atoms with Gasteiger partial charge in [0.1, 0.15) is 34.0 Å². The molecule has 0 spiro atoms. The van der Waals surface area contributed by atoms with E-state index in [1.807, 2.05) is 268 Å². The van der Waals surface area contributed by atoms with Crippen molar-refractivity contribution in [1.82, 2.24) is 43.1 Å². The van der Waals surface area contributed by atoms with Crippen molar-refractivity contribution in [2.45, 2.75) is 54.4 Å². The predicted octanol–water partition coefficient (Wildman–Crippen LogP) is 18.0. The molecule has 0 aliphatic heterocycles.